The quantitative estimate of drug-likeness (QED) is 0.662. The number of carbonyl (C=O) groups is 1. The first-order valence-electron chi connectivity index (χ1n) is 7.00. The molecule has 0 atom stereocenters. The molecule has 0 spiro atoms. The Morgan fingerprint density at radius 1 is 1.12 bits per heavy atom. The summed E-state index contributed by atoms with van der Waals surface area (Å²) in [6, 6.07) is 13.2. The van der Waals surface area contributed by atoms with E-state index in [0.717, 1.165) is 17.0 Å². The Balaban J connectivity index is 1.61. The Bertz CT molecular complexity index is 853. The third kappa shape index (κ3) is 4.18. The number of aromatic nitrogens is 1. The molecule has 0 aliphatic rings. The second-order valence-electron chi connectivity index (χ2n) is 4.82. The van der Waals surface area contributed by atoms with Crippen LogP contribution < -0.4 is 5.32 Å². The van der Waals surface area contributed by atoms with Crippen molar-refractivity contribution in [2.75, 3.05) is 11.1 Å². The molecule has 0 saturated carbocycles. The van der Waals surface area contributed by atoms with Gasteiger partial charge in [0.25, 0.3) is 0 Å². The minimum absolute atomic E-state index is 0.171. The van der Waals surface area contributed by atoms with Crippen LogP contribution in [-0.2, 0) is 4.79 Å². The van der Waals surface area contributed by atoms with E-state index in [9.17, 15) is 13.6 Å². The predicted molar refractivity (Wildman–Crippen MR) is 93.3 cm³/mol. The summed E-state index contributed by atoms with van der Waals surface area (Å²) in [5, 5.41) is 4.82. The van der Waals surface area contributed by atoms with Gasteiger partial charge < -0.3 is 5.32 Å². The summed E-state index contributed by atoms with van der Waals surface area (Å²) >= 11 is 2.66. The highest BCUT2D eigenvalue weighted by molar-refractivity contribution is 8.00. The second kappa shape index (κ2) is 7.55. The van der Waals surface area contributed by atoms with Gasteiger partial charge >= 0.3 is 0 Å². The highest BCUT2D eigenvalue weighted by Crippen LogP contribution is 2.26. The normalized spacial score (nSPS) is 10.6. The Morgan fingerprint density at radius 3 is 2.67 bits per heavy atom. The van der Waals surface area contributed by atoms with Crippen LogP contribution in [0.2, 0.25) is 0 Å². The van der Waals surface area contributed by atoms with Gasteiger partial charge in [-0.1, -0.05) is 18.2 Å². The van der Waals surface area contributed by atoms with Crippen LogP contribution in [-0.4, -0.2) is 16.6 Å². The summed E-state index contributed by atoms with van der Waals surface area (Å²) in [7, 11) is 0. The molecule has 2 aromatic carbocycles. The molecule has 1 aromatic heterocycles. The largest absolute Gasteiger partial charge is 0.301 e. The molecule has 7 heteroatoms. The maximum absolute atomic E-state index is 13.3. The monoisotopic (exact) mass is 362 g/mol. The molecular weight excluding hydrogens is 350 g/mol. The van der Waals surface area contributed by atoms with Crippen LogP contribution in [0.1, 0.15) is 0 Å². The molecule has 3 nitrogen and oxygen atoms in total. The lowest BCUT2D eigenvalue weighted by atomic mass is 10.2. The fraction of sp³-hybridized carbons (Fsp3) is 0.0588. The first-order valence-corrected chi connectivity index (χ1v) is 8.87. The summed E-state index contributed by atoms with van der Waals surface area (Å²) in [5.41, 5.74) is 0.953. The van der Waals surface area contributed by atoms with Crippen LogP contribution in [0, 0.1) is 11.6 Å². The van der Waals surface area contributed by atoms with Gasteiger partial charge in [-0.25, -0.2) is 13.8 Å². The van der Waals surface area contributed by atoms with Crippen LogP contribution in [0.3, 0.4) is 0 Å². The van der Waals surface area contributed by atoms with Gasteiger partial charge in [-0.2, -0.15) is 0 Å². The molecule has 0 aliphatic heterocycles. The number of carbonyl (C=O) groups excluding carboxylic acids is 1. The number of benzene rings is 2. The Morgan fingerprint density at radius 2 is 1.92 bits per heavy atom. The van der Waals surface area contributed by atoms with Crippen molar-refractivity contribution in [1.82, 2.24) is 4.98 Å². The first-order chi connectivity index (χ1) is 11.6. The van der Waals surface area contributed by atoms with E-state index in [1.807, 2.05) is 30.3 Å². The molecule has 0 unspecified atom stereocenters. The fourth-order valence-electron chi connectivity index (χ4n) is 1.94. The molecule has 1 N–H and O–H groups in total. The number of amides is 1. The van der Waals surface area contributed by atoms with Gasteiger partial charge in [0.05, 0.1) is 11.4 Å². The molecule has 3 rings (SSSR count). The van der Waals surface area contributed by atoms with Crippen molar-refractivity contribution in [3.05, 3.63) is 65.5 Å². The number of hydrogen-bond donors (Lipinski definition) is 1. The number of nitrogens with zero attached hydrogens (tertiary/aromatic N) is 1. The highest BCUT2D eigenvalue weighted by Gasteiger charge is 2.10. The van der Waals surface area contributed by atoms with Gasteiger partial charge in [-0.15, -0.1) is 23.1 Å². The van der Waals surface area contributed by atoms with Gasteiger partial charge in [0.15, 0.2) is 16.8 Å². The lowest BCUT2D eigenvalue weighted by Gasteiger charge is -2.02. The van der Waals surface area contributed by atoms with E-state index in [1.54, 1.807) is 5.38 Å². The van der Waals surface area contributed by atoms with Gasteiger partial charge in [-0.05, 0) is 30.3 Å². The van der Waals surface area contributed by atoms with E-state index < -0.39 is 11.6 Å². The SMILES string of the molecule is O=C(CSc1ccccc1)Nc1nc(-c2ccc(F)c(F)c2)cs1. The molecule has 0 aliphatic carbocycles. The number of thioether (sulfide) groups is 1. The first kappa shape index (κ1) is 16.6. The molecule has 0 radical (unpaired) electrons. The molecule has 1 amide bonds. The average molecular weight is 362 g/mol. The molecule has 0 fully saturated rings. The molecule has 122 valence electrons. The zero-order chi connectivity index (χ0) is 16.9. The van der Waals surface area contributed by atoms with E-state index >= 15 is 0 Å². The topological polar surface area (TPSA) is 42.0 Å². The number of anilines is 1. The van der Waals surface area contributed by atoms with Gasteiger partial charge in [-0.3, -0.25) is 4.79 Å². The molecular formula is C17H12F2N2OS2. The van der Waals surface area contributed by atoms with Crippen molar-refractivity contribution in [2.45, 2.75) is 4.90 Å². The Hall–Kier alpha value is -2.25. The lowest BCUT2D eigenvalue weighted by molar-refractivity contribution is -0.113. The van der Waals surface area contributed by atoms with Gasteiger partial charge in [0, 0.05) is 15.8 Å². The number of thiazole rings is 1. The summed E-state index contributed by atoms with van der Waals surface area (Å²) in [5.74, 6) is -1.73. The van der Waals surface area contributed by atoms with Crippen molar-refractivity contribution in [3.8, 4) is 11.3 Å². The van der Waals surface area contributed by atoms with Crippen molar-refractivity contribution in [2.24, 2.45) is 0 Å². The standard InChI is InChI=1S/C17H12F2N2OS2/c18-13-7-6-11(8-14(13)19)15-9-24-17(20-15)21-16(22)10-23-12-4-2-1-3-5-12/h1-9H,10H2,(H,20,21,22). The maximum Gasteiger partial charge on any atom is 0.236 e. The summed E-state index contributed by atoms with van der Waals surface area (Å²) in [6.45, 7) is 0. The molecule has 1 heterocycles. The predicted octanol–water partition coefficient (Wildman–Crippen LogP) is 4.82. The lowest BCUT2D eigenvalue weighted by Crippen LogP contribution is -2.13. The zero-order valence-electron chi connectivity index (χ0n) is 12.3. The minimum atomic E-state index is -0.926. The van der Waals surface area contributed by atoms with Crippen LogP contribution in [0.15, 0.2) is 58.8 Å². The smallest absolute Gasteiger partial charge is 0.236 e. The zero-order valence-corrected chi connectivity index (χ0v) is 14.0. The van der Waals surface area contributed by atoms with E-state index in [-0.39, 0.29) is 11.7 Å². The highest BCUT2D eigenvalue weighted by atomic mass is 32.2. The van der Waals surface area contributed by atoms with Crippen molar-refractivity contribution < 1.29 is 13.6 Å². The third-order valence-corrected chi connectivity index (χ3v) is 4.85. The Kier molecular flexibility index (Phi) is 5.22. The van der Waals surface area contributed by atoms with Gasteiger partial charge in [0.1, 0.15) is 0 Å². The number of rotatable bonds is 5. The van der Waals surface area contributed by atoms with E-state index in [0.29, 0.717) is 16.4 Å². The maximum atomic E-state index is 13.3. The van der Waals surface area contributed by atoms with Crippen LogP contribution in [0.4, 0.5) is 13.9 Å². The summed E-state index contributed by atoms with van der Waals surface area (Å²) in [6.07, 6.45) is 0. The Labute approximate surface area is 145 Å². The molecule has 0 saturated heterocycles. The van der Waals surface area contributed by atoms with Crippen molar-refractivity contribution in [1.29, 1.82) is 0 Å². The van der Waals surface area contributed by atoms with E-state index in [4.69, 9.17) is 0 Å². The molecule has 24 heavy (non-hydrogen) atoms. The van der Waals surface area contributed by atoms with E-state index in [2.05, 4.69) is 10.3 Å². The molecule has 0 bridgehead atoms. The fourth-order valence-corrected chi connectivity index (χ4v) is 3.40. The van der Waals surface area contributed by atoms with Crippen LogP contribution in [0.5, 0.6) is 0 Å². The van der Waals surface area contributed by atoms with Crippen LogP contribution in [0.25, 0.3) is 11.3 Å². The van der Waals surface area contributed by atoms with E-state index in [1.165, 1.54) is 29.2 Å². The van der Waals surface area contributed by atoms with Crippen LogP contribution >= 0.6 is 23.1 Å². The minimum Gasteiger partial charge on any atom is -0.301 e. The average Bonchev–Trinajstić information content (AvgIpc) is 3.05. The second-order valence-corrected chi connectivity index (χ2v) is 6.72. The number of hydrogen-bond acceptors (Lipinski definition) is 4. The number of halogens is 2. The summed E-state index contributed by atoms with van der Waals surface area (Å²) in [4.78, 5) is 17.2. The number of nitrogens with one attached hydrogen (secondary N) is 1. The molecule has 3 aromatic rings. The summed E-state index contributed by atoms with van der Waals surface area (Å²) < 4.78 is 26.2. The van der Waals surface area contributed by atoms with Crippen molar-refractivity contribution in [3.63, 3.8) is 0 Å². The van der Waals surface area contributed by atoms with Crippen molar-refractivity contribution >= 4 is 34.1 Å². The third-order valence-electron chi connectivity index (χ3n) is 3.08. The van der Waals surface area contributed by atoms with Gasteiger partial charge in [0.2, 0.25) is 5.91 Å².